The topological polar surface area (TPSA) is 150 Å². The molecule has 11 nitrogen and oxygen atoms in total. The lowest BCUT2D eigenvalue weighted by atomic mass is 10.1. The van der Waals surface area contributed by atoms with Crippen LogP contribution in [0.25, 0.3) is 0 Å². The fourth-order valence-corrected chi connectivity index (χ4v) is 3.92. The third-order valence-electron chi connectivity index (χ3n) is 6.40. The van der Waals surface area contributed by atoms with E-state index < -0.39 is 36.5 Å². The maximum atomic E-state index is 12.7. The van der Waals surface area contributed by atoms with Crippen LogP contribution in [0, 0.1) is 0 Å². The molecule has 0 heterocycles. The Morgan fingerprint density at radius 3 is 1.81 bits per heavy atom. The summed E-state index contributed by atoms with van der Waals surface area (Å²) in [5.74, 6) is -1.20. The number of benzene rings is 1. The van der Waals surface area contributed by atoms with E-state index in [0.29, 0.717) is 24.8 Å². The second-order valence-corrected chi connectivity index (χ2v) is 10.5. The van der Waals surface area contributed by atoms with E-state index in [1.165, 1.54) is 12.1 Å². The van der Waals surface area contributed by atoms with Gasteiger partial charge in [-0.2, -0.15) is 0 Å². The molecule has 11 heteroatoms. The molecule has 0 amide bonds. The molecule has 0 aliphatic heterocycles. The summed E-state index contributed by atoms with van der Waals surface area (Å²) in [6.07, 6.45) is 1.92. The predicted molar refractivity (Wildman–Crippen MR) is 156 cm³/mol. The summed E-state index contributed by atoms with van der Waals surface area (Å²) in [5, 5.41) is 0. The minimum absolute atomic E-state index is 0.0205. The third kappa shape index (κ3) is 14.5. The SMILES string of the molecule is CCCCCC(=O)OC(C)C(C)OC(=O)[C@@H](N)Cc1ccc(OC(=O)O[C@@H](C)CCC)c(OC(=O)OC(C)CCC)c1. The van der Waals surface area contributed by atoms with Gasteiger partial charge in [0.25, 0.3) is 0 Å². The standard InChI is InChI=1S/C31H49NO10/c1-8-11-12-15-28(33)39-22(6)23(7)40-29(34)25(32)18-24-16-17-26(41-30(35)37-20(4)13-9-2)27(19-24)42-31(36)38-21(5)14-10-3/h16-17,19-23,25H,8-15,18,32H2,1-7H3/t20-,21?,22?,23?,25-/m0/s1. The Balaban J connectivity index is 2.93. The monoisotopic (exact) mass is 595 g/mol. The Hall–Kier alpha value is -3.34. The molecule has 0 spiro atoms. The second kappa shape index (κ2) is 19.7. The fraction of sp³-hybridized carbons (Fsp3) is 0.677. The highest BCUT2D eigenvalue weighted by molar-refractivity contribution is 5.76. The summed E-state index contributed by atoms with van der Waals surface area (Å²) in [4.78, 5) is 49.4. The van der Waals surface area contributed by atoms with Gasteiger partial charge in [0.1, 0.15) is 30.5 Å². The Kier molecular flexibility index (Phi) is 17.2. The molecule has 0 bridgehead atoms. The van der Waals surface area contributed by atoms with Crippen molar-refractivity contribution in [2.75, 3.05) is 0 Å². The molecule has 0 saturated heterocycles. The van der Waals surface area contributed by atoms with Crippen LogP contribution >= 0.6 is 0 Å². The summed E-state index contributed by atoms with van der Waals surface area (Å²) in [6, 6.07) is 3.35. The van der Waals surface area contributed by atoms with E-state index in [1.807, 2.05) is 20.8 Å². The van der Waals surface area contributed by atoms with Crippen LogP contribution in [0.1, 0.15) is 105 Å². The van der Waals surface area contributed by atoms with Crippen LogP contribution in [0.3, 0.4) is 0 Å². The number of hydrogen-bond acceptors (Lipinski definition) is 11. The molecular weight excluding hydrogens is 546 g/mol. The zero-order valence-corrected chi connectivity index (χ0v) is 26.1. The summed E-state index contributed by atoms with van der Waals surface area (Å²) < 4.78 is 32.0. The van der Waals surface area contributed by atoms with Gasteiger partial charge in [-0.3, -0.25) is 9.59 Å². The third-order valence-corrected chi connectivity index (χ3v) is 6.40. The number of unbranched alkanes of at least 4 members (excludes halogenated alkanes) is 2. The van der Waals surface area contributed by atoms with Crippen LogP contribution in [-0.4, -0.2) is 54.7 Å². The van der Waals surface area contributed by atoms with Crippen molar-refractivity contribution in [2.24, 2.45) is 5.73 Å². The molecule has 238 valence electrons. The lowest BCUT2D eigenvalue weighted by molar-refractivity contribution is -0.166. The van der Waals surface area contributed by atoms with Gasteiger partial charge in [0.2, 0.25) is 0 Å². The molecular formula is C31H49NO10. The quantitative estimate of drug-likeness (QED) is 0.0868. The molecule has 0 aliphatic carbocycles. The molecule has 5 atom stereocenters. The van der Waals surface area contributed by atoms with Crippen molar-refractivity contribution < 1.29 is 47.6 Å². The van der Waals surface area contributed by atoms with Crippen molar-refractivity contribution in [1.82, 2.24) is 0 Å². The van der Waals surface area contributed by atoms with Crippen LogP contribution in [0.4, 0.5) is 9.59 Å². The highest BCUT2D eigenvalue weighted by Crippen LogP contribution is 2.30. The minimum Gasteiger partial charge on any atom is -0.459 e. The number of ether oxygens (including phenoxy) is 6. The Morgan fingerprint density at radius 2 is 1.26 bits per heavy atom. The maximum Gasteiger partial charge on any atom is 0.514 e. The van der Waals surface area contributed by atoms with Gasteiger partial charge in [-0.05, 0) is 71.1 Å². The summed E-state index contributed by atoms with van der Waals surface area (Å²) in [5.41, 5.74) is 6.62. The molecule has 0 aromatic heterocycles. The number of esters is 2. The van der Waals surface area contributed by atoms with Crippen LogP contribution in [0.2, 0.25) is 0 Å². The van der Waals surface area contributed by atoms with Crippen molar-refractivity contribution in [2.45, 2.75) is 137 Å². The van der Waals surface area contributed by atoms with E-state index in [9.17, 15) is 19.2 Å². The predicted octanol–water partition coefficient (Wildman–Crippen LogP) is 6.41. The zero-order chi connectivity index (χ0) is 31.7. The first-order valence-corrected chi connectivity index (χ1v) is 14.9. The maximum absolute atomic E-state index is 12.7. The van der Waals surface area contributed by atoms with Crippen molar-refractivity contribution in [1.29, 1.82) is 0 Å². The Morgan fingerprint density at radius 1 is 0.714 bits per heavy atom. The lowest BCUT2D eigenvalue weighted by Crippen LogP contribution is -2.39. The van der Waals surface area contributed by atoms with Crippen molar-refractivity contribution in [3.63, 3.8) is 0 Å². The highest BCUT2D eigenvalue weighted by Gasteiger charge is 2.25. The molecule has 3 unspecified atom stereocenters. The summed E-state index contributed by atoms with van der Waals surface area (Å²) in [7, 11) is 0. The van der Waals surface area contributed by atoms with Gasteiger partial charge in [-0.15, -0.1) is 0 Å². The second-order valence-electron chi connectivity index (χ2n) is 10.5. The molecule has 0 saturated carbocycles. The van der Waals surface area contributed by atoms with E-state index >= 15 is 0 Å². The average molecular weight is 596 g/mol. The van der Waals surface area contributed by atoms with E-state index in [2.05, 4.69) is 0 Å². The molecule has 0 aliphatic rings. The first kappa shape index (κ1) is 36.7. The van der Waals surface area contributed by atoms with Crippen LogP contribution < -0.4 is 15.2 Å². The van der Waals surface area contributed by atoms with Crippen LogP contribution in [0.5, 0.6) is 11.5 Å². The van der Waals surface area contributed by atoms with Crippen molar-refractivity contribution in [3.05, 3.63) is 23.8 Å². The first-order valence-electron chi connectivity index (χ1n) is 14.9. The van der Waals surface area contributed by atoms with Gasteiger partial charge in [0, 0.05) is 6.42 Å². The molecule has 1 rings (SSSR count). The molecule has 0 radical (unpaired) electrons. The Bertz CT molecular complexity index is 998. The molecule has 0 fully saturated rings. The van der Waals surface area contributed by atoms with Gasteiger partial charge in [0.15, 0.2) is 11.5 Å². The molecule has 1 aromatic rings. The van der Waals surface area contributed by atoms with E-state index in [4.69, 9.17) is 34.2 Å². The van der Waals surface area contributed by atoms with Crippen LogP contribution in [0.15, 0.2) is 18.2 Å². The number of carbonyl (C=O) groups excluding carboxylic acids is 4. The highest BCUT2D eigenvalue weighted by atomic mass is 16.7. The van der Waals surface area contributed by atoms with Gasteiger partial charge >= 0.3 is 24.2 Å². The largest absolute Gasteiger partial charge is 0.514 e. The van der Waals surface area contributed by atoms with Crippen molar-refractivity contribution >= 4 is 24.2 Å². The van der Waals surface area contributed by atoms with E-state index in [-0.39, 0.29) is 36.1 Å². The van der Waals surface area contributed by atoms with Crippen LogP contribution in [-0.2, 0) is 35.0 Å². The smallest absolute Gasteiger partial charge is 0.459 e. The normalized spacial score (nSPS) is 14.5. The first-order chi connectivity index (χ1) is 19.9. The van der Waals surface area contributed by atoms with Crippen molar-refractivity contribution in [3.8, 4) is 11.5 Å². The molecule has 2 N–H and O–H groups in total. The average Bonchev–Trinajstić information content (AvgIpc) is 2.90. The van der Waals surface area contributed by atoms with E-state index in [0.717, 1.165) is 32.1 Å². The summed E-state index contributed by atoms with van der Waals surface area (Å²) >= 11 is 0. The molecule has 1 aromatic carbocycles. The Labute approximate surface area is 249 Å². The van der Waals surface area contributed by atoms with Gasteiger partial charge in [-0.25, -0.2) is 9.59 Å². The molecule has 42 heavy (non-hydrogen) atoms. The number of carbonyl (C=O) groups is 4. The zero-order valence-electron chi connectivity index (χ0n) is 26.1. The minimum atomic E-state index is -1.07. The number of rotatable bonds is 18. The number of nitrogens with two attached hydrogens (primary N) is 1. The van der Waals surface area contributed by atoms with Gasteiger partial charge in [0.05, 0.1) is 0 Å². The van der Waals surface area contributed by atoms with Gasteiger partial charge < -0.3 is 34.2 Å². The summed E-state index contributed by atoms with van der Waals surface area (Å²) in [6.45, 7) is 12.7. The van der Waals surface area contributed by atoms with E-state index in [1.54, 1.807) is 33.8 Å². The van der Waals surface area contributed by atoms with Gasteiger partial charge in [-0.1, -0.05) is 52.5 Å². The lowest BCUT2D eigenvalue weighted by Gasteiger charge is -2.22. The number of hydrogen-bond donors (Lipinski definition) is 1. The fourth-order valence-electron chi connectivity index (χ4n) is 3.92.